The van der Waals surface area contributed by atoms with E-state index in [0.29, 0.717) is 19.6 Å². The lowest BCUT2D eigenvalue weighted by Crippen LogP contribution is -2.17. The van der Waals surface area contributed by atoms with Crippen LogP contribution in [0, 0.1) is 0 Å². The first-order valence-electron chi connectivity index (χ1n) is 5.71. The van der Waals surface area contributed by atoms with Gasteiger partial charge in [0.1, 0.15) is 19.0 Å². The number of fused-ring (bicyclic) bond motifs is 1. The van der Waals surface area contributed by atoms with E-state index < -0.39 is 0 Å². The average Bonchev–Trinajstić information content (AvgIpc) is 2.38. The fourth-order valence-electron chi connectivity index (χ4n) is 1.71. The van der Waals surface area contributed by atoms with Gasteiger partial charge in [-0.25, -0.2) is 0 Å². The van der Waals surface area contributed by atoms with Crippen LogP contribution in [0.4, 0.5) is 0 Å². The Labute approximate surface area is 110 Å². The van der Waals surface area contributed by atoms with Crippen LogP contribution in [0.1, 0.15) is 13.3 Å². The minimum Gasteiger partial charge on any atom is -0.486 e. The van der Waals surface area contributed by atoms with Crippen molar-refractivity contribution in [3.05, 3.63) is 18.2 Å². The van der Waals surface area contributed by atoms with Gasteiger partial charge in [-0.2, -0.15) is 0 Å². The van der Waals surface area contributed by atoms with Gasteiger partial charge in [-0.15, -0.1) is 11.8 Å². The topological polar surface area (TPSA) is 77.1 Å². The number of ether oxygens (including phenoxy) is 2. The summed E-state index contributed by atoms with van der Waals surface area (Å²) in [5.41, 5.74) is 5.48. The van der Waals surface area contributed by atoms with E-state index in [9.17, 15) is 0 Å². The molecule has 0 radical (unpaired) electrons. The molecule has 1 unspecified atom stereocenters. The van der Waals surface area contributed by atoms with Gasteiger partial charge in [0.2, 0.25) is 0 Å². The molecular formula is C12H16N2O3S. The minimum atomic E-state index is 0.225. The molecule has 0 amide bonds. The quantitative estimate of drug-likeness (QED) is 0.287. The second kappa shape index (κ2) is 5.86. The predicted molar refractivity (Wildman–Crippen MR) is 70.8 cm³/mol. The molecule has 1 atom stereocenters. The highest BCUT2D eigenvalue weighted by Crippen LogP contribution is 2.35. The third-order valence-electron chi connectivity index (χ3n) is 2.48. The molecule has 1 heterocycles. The van der Waals surface area contributed by atoms with Crippen molar-refractivity contribution in [1.29, 1.82) is 0 Å². The summed E-state index contributed by atoms with van der Waals surface area (Å²) < 4.78 is 11.0. The van der Waals surface area contributed by atoms with Crippen LogP contribution < -0.4 is 15.2 Å². The summed E-state index contributed by atoms with van der Waals surface area (Å²) in [4.78, 5) is 1.08. The summed E-state index contributed by atoms with van der Waals surface area (Å²) in [6.07, 6.45) is 0.537. The Balaban J connectivity index is 2.01. The molecule has 0 saturated heterocycles. The van der Waals surface area contributed by atoms with E-state index >= 15 is 0 Å². The van der Waals surface area contributed by atoms with Crippen molar-refractivity contribution in [3.8, 4) is 11.5 Å². The van der Waals surface area contributed by atoms with Crippen LogP contribution in [0.25, 0.3) is 0 Å². The third-order valence-corrected chi connectivity index (χ3v) is 3.57. The molecule has 0 aromatic heterocycles. The highest BCUT2D eigenvalue weighted by atomic mass is 32.2. The maximum absolute atomic E-state index is 8.53. The highest BCUT2D eigenvalue weighted by Gasteiger charge is 2.13. The molecule has 0 aliphatic carbocycles. The Bertz CT molecular complexity index is 451. The summed E-state index contributed by atoms with van der Waals surface area (Å²) in [5.74, 6) is 1.81. The number of benzene rings is 1. The average molecular weight is 268 g/mol. The maximum atomic E-state index is 8.53. The van der Waals surface area contributed by atoms with Gasteiger partial charge < -0.3 is 20.4 Å². The van der Waals surface area contributed by atoms with E-state index in [2.05, 4.69) is 5.16 Å². The second-order valence-corrected chi connectivity index (χ2v) is 5.54. The molecule has 98 valence electrons. The minimum absolute atomic E-state index is 0.225. The van der Waals surface area contributed by atoms with Crippen LogP contribution in [-0.2, 0) is 0 Å². The summed E-state index contributed by atoms with van der Waals surface area (Å²) in [6.45, 7) is 3.21. The number of hydrogen-bond donors (Lipinski definition) is 2. The lowest BCUT2D eigenvalue weighted by molar-refractivity contribution is 0.171. The maximum Gasteiger partial charge on any atom is 0.162 e. The second-order valence-electron chi connectivity index (χ2n) is 4.03. The van der Waals surface area contributed by atoms with E-state index in [1.54, 1.807) is 11.8 Å². The van der Waals surface area contributed by atoms with Crippen LogP contribution in [0.3, 0.4) is 0 Å². The Hall–Kier alpha value is -1.56. The molecule has 18 heavy (non-hydrogen) atoms. The molecular weight excluding hydrogens is 252 g/mol. The molecule has 0 spiro atoms. The number of hydrogen-bond acceptors (Lipinski definition) is 5. The van der Waals surface area contributed by atoms with E-state index in [4.69, 9.17) is 20.4 Å². The van der Waals surface area contributed by atoms with Gasteiger partial charge in [-0.3, -0.25) is 0 Å². The molecule has 0 bridgehead atoms. The van der Waals surface area contributed by atoms with Crippen LogP contribution in [0.5, 0.6) is 11.5 Å². The van der Waals surface area contributed by atoms with Gasteiger partial charge in [-0.1, -0.05) is 12.1 Å². The molecule has 6 heteroatoms. The number of nitrogens with two attached hydrogens (primary N) is 1. The largest absolute Gasteiger partial charge is 0.486 e. The van der Waals surface area contributed by atoms with E-state index in [1.807, 2.05) is 25.1 Å². The lowest BCUT2D eigenvalue weighted by Gasteiger charge is -2.19. The summed E-state index contributed by atoms with van der Waals surface area (Å²) >= 11 is 1.65. The van der Waals surface area contributed by atoms with Gasteiger partial charge in [-0.05, 0) is 18.2 Å². The zero-order valence-electron chi connectivity index (χ0n) is 10.1. The first-order chi connectivity index (χ1) is 8.69. The van der Waals surface area contributed by atoms with E-state index in [0.717, 1.165) is 16.4 Å². The van der Waals surface area contributed by atoms with Crippen molar-refractivity contribution in [3.63, 3.8) is 0 Å². The van der Waals surface area contributed by atoms with Gasteiger partial charge in [0.05, 0.1) is 0 Å². The van der Waals surface area contributed by atoms with Gasteiger partial charge in [0, 0.05) is 16.6 Å². The van der Waals surface area contributed by atoms with E-state index in [1.165, 1.54) is 0 Å². The van der Waals surface area contributed by atoms with Gasteiger partial charge in [0.15, 0.2) is 11.5 Å². The number of oxime groups is 1. The standard InChI is InChI=1S/C12H16N2O3S/c1-8(6-12(13)14-15)18-9-2-3-10-11(7-9)17-5-4-16-10/h2-3,7-8,15H,4-6H2,1H3,(H2,13,14). The van der Waals surface area contributed by atoms with Crippen LogP contribution >= 0.6 is 11.8 Å². The highest BCUT2D eigenvalue weighted by molar-refractivity contribution is 8.00. The number of amidine groups is 1. The molecule has 5 nitrogen and oxygen atoms in total. The van der Waals surface area contributed by atoms with Gasteiger partial charge >= 0.3 is 0 Å². The Kier molecular flexibility index (Phi) is 4.19. The van der Waals surface area contributed by atoms with Crippen molar-refractivity contribution >= 4 is 17.6 Å². The predicted octanol–water partition coefficient (Wildman–Crippen LogP) is 2.07. The SMILES string of the molecule is CC(C/C(N)=N/O)Sc1ccc2c(c1)OCCO2. The normalized spacial score (nSPS) is 16.4. The van der Waals surface area contributed by atoms with Crippen molar-refractivity contribution in [1.82, 2.24) is 0 Å². The Morgan fingerprint density at radius 3 is 2.89 bits per heavy atom. The van der Waals surface area contributed by atoms with Gasteiger partial charge in [0.25, 0.3) is 0 Å². The molecule has 1 aromatic rings. The fraction of sp³-hybridized carbons (Fsp3) is 0.417. The molecule has 1 aliphatic rings. The van der Waals surface area contributed by atoms with Crippen LogP contribution in [-0.4, -0.2) is 29.5 Å². The lowest BCUT2D eigenvalue weighted by atomic mass is 10.3. The zero-order valence-corrected chi connectivity index (χ0v) is 10.9. The smallest absolute Gasteiger partial charge is 0.162 e. The third kappa shape index (κ3) is 3.22. The molecule has 1 aliphatic heterocycles. The Morgan fingerprint density at radius 2 is 2.17 bits per heavy atom. The molecule has 2 rings (SSSR count). The van der Waals surface area contributed by atoms with Crippen molar-refractivity contribution in [2.75, 3.05) is 13.2 Å². The number of nitrogens with zero attached hydrogens (tertiary/aromatic N) is 1. The molecule has 1 aromatic carbocycles. The van der Waals surface area contributed by atoms with Crippen molar-refractivity contribution < 1.29 is 14.7 Å². The van der Waals surface area contributed by atoms with Crippen LogP contribution in [0.2, 0.25) is 0 Å². The number of thioether (sulfide) groups is 1. The zero-order chi connectivity index (χ0) is 13.0. The van der Waals surface area contributed by atoms with Crippen molar-refractivity contribution in [2.45, 2.75) is 23.5 Å². The summed E-state index contributed by atoms with van der Waals surface area (Å²) in [7, 11) is 0. The fourth-order valence-corrected chi connectivity index (χ4v) is 2.75. The van der Waals surface area contributed by atoms with E-state index in [-0.39, 0.29) is 11.1 Å². The molecule has 3 N–H and O–H groups in total. The first kappa shape index (κ1) is 12.9. The Morgan fingerprint density at radius 1 is 1.44 bits per heavy atom. The van der Waals surface area contributed by atoms with Crippen molar-refractivity contribution in [2.24, 2.45) is 10.9 Å². The van der Waals surface area contributed by atoms with Crippen LogP contribution in [0.15, 0.2) is 28.3 Å². The molecule has 0 fully saturated rings. The summed E-state index contributed by atoms with van der Waals surface area (Å²) in [6, 6.07) is 5.86. The first-order valence-corrected chi connectivity index (χ1v) is 6.59. The molecule has 0 saturated carbocycles. The monoisotopic (exact) mass is 268 g/mol. The summed E-state index contributed by atoms with van der Waals surface area (Å²) in [5, 5.41) is 11.7. The number of rotatable bonds is 4.